The summed E-state index contributed by atoms with van der Waals surface area (Å²) in [5, 5.41) is 2.80. The molecule has 0 spiro atoms. The maximum absolute atomic E-state index is 12.8. The van der Waals surface area contributed by atoms with Crippen molar-refractivity contribution in [2.75, 3.05) is 18.4 Å². The molecule has 3 aromatic rings. The van der Waals surface area contributed by atoms with Crippen molar-refractivity contribution in [3.05, 3.63) is 57.7 Å². The molecule has 2 heterocycles. The van der Waals surface area contributed by atoms with Gasteiger partial charge >= 0.3 is 4.87 Å². The number of fused-ring (bicyclic) bond motifs is 1. The van der Waals surface area contributed by atoms with Crippen LogP contribution in [0.1, 0.15) is 25.3 Å². The minimum atomic E-state index is -3.55. The van der Waals surface area contributed by atoms with E-state index in [0.29, 0.717) is 29.0 Å². The van der Waals surface area contributed by atoms with Crippen LogP contribution >= 0.6 is 11.3 Å². The van der Waals surface area contributed by atoms with Gasteiger partial charge in [0.15, 0.2) is 0 Å². The van der Waals surface area contributed by atoms with E-state index in [4.69, 9.17) is 0 Å². The first-order chi connectivity index (χ1) is 14.4. The van der Waals surface area contributed by atoms with Gasteiger partial charge in [0.05, 0.1) is 15.1 Å². The van der Waals surface area contributed by atoms with E-state index in [-0.39, 0.29) is 22.2 Å². The largest absolute Gasteiger partial charge is 0.325 e. The van der Waals surface area contributed by atoms with Crippen molar-refractivity contribution in [3.63, 3.8) is 0 Å². The van der Waals surface area contributed by atoms with E-state index in [1.54, 1.807) is 6.07 Å². The second kappa shape index (κ2) is 8.33. The fraction of sp³-hybridized carbons (Fsp3) is 0.333. The van der Waals surface area contributed by atoms with Gasteiger partial charge in [0.1, 0.15) is 6.54 Å². The lowest BCUT2D eigenvalue weighted by atomic mass is 10.1. The average Bonchev–Trinajstić information content (AvgIpc) is 3.37. The number of rotatable bonds is 6. The average molecular weight is 446 g/mol. The first-order valence-electron chi connectivity index (χ1n) is 9.91. The molecule has 158 valence electrons. The van der Waals surface area contributed by atoms with Gasteiger partial charge in [-0.1, -0.05) is 30.4 Å². The summed E-state index contributed by atoms with van der Waals surface area (Å²) in [5.74, 6) is -0.310. The molecule has 30 heavy (non-hydrogen) atoms. The predicted octanol–water partition coefficient (Wildman–Crippen LogP) is 3.05. The highest BCUT2D eigenvalue weighted by atomic mass is 32.2. The number of nitrogens with zero attached hydrogens (tertiary/aromatic N) is 2. The van der Waals surface area contributed by atoms with E-state index >= 15 is 0 Å². The highest BCUT2D eigenvalue weighted by Gasteiger charge is 2.27. The van der Waals surface area contributed by atoms with Gasteiger partial charge in [0.2, 0.25) is 15.9 Å². The van der Waals surface area contributed by atoms with Gasteiger partial charge in [-0.3, -0.25) is 14.2 Å². The Morgan fingerprint density at radius 2 is 1.80 bits per heavy atom. The summed E-state index contributed by atoms with van der Waals surface area (Å²) < 4.78 is 29.0. The Labute approximate surface area is 179 Å². The van der Waals surface area contributed by atoms with Crippen LogP contribution in [0.15, 0.2) is 52.2 Å². The number of amides is 1. The molecule has 0 aliphatic carbocycles. The molecule has 0 saturated carbocycles. The van der Waals surface area contributed by atoms with E-state index in [0.717, 1.165) is 30.6 Å². The molecule has 1 fully saturated rings. The molecule has 0 radical (unpaired) electrons. The Hall–Kier alpha value is -2.49. The van der Waals surface area contributed by atoms with Crippen molar-refractivity contribution in [1.82, 2.24) is 8.87 Å². The highest BCUT2D eigenvalue weighted by molar-refractivity contribution is 7.89. The third kappa shape index (κ3) is 4.05. The fourth-order valence-corrected chi connectivity index (χ4v) is 6.15. The van der Waals surface area contributed by atoms with Crippen molar-refractivity contribution >= 4 is 43.2 Å². The molecule has 0 atom stereocenters. The van der Waals surface area contributed by atoms with Crippen LogP contribution in [0.3, 0.4) is 0 Å². The normalized spacial score (nSPS) is 15.0. The third-order valence-electron chi connectivity index (χ3n) is 5.29. The third-order valence-corrected chi connectivity index (χ3v) is 8.13. The molecule has 1 aliphatic rings. The molecule has 0 unspecified atom stereocenters. The number of aromatic nitrogens is 1. The number of hydrogen-bond donors (Lipinski definition) is 1. The second-order valence-electron chi connectivity index (χ2n) is 7.29. The van der Waals surface area contributed by atoms with Gasteiger partial charge in [-0.25, -0.2) is 8.42 Å². The number of carbonyl (C=O) groups excluding carboxylic acids is 1. The summed E-state index contributed by atoms with van der Waals surface area (Å²) in [5.41, 5.74) is 2.40. The number of thiazole rings is 1. The first kappa shape index (κ1) is 20.8. The number of benzene rings is 2. The number of aryl methyl sites for hydroxylation is 1. The standard InChI is InChI=1S/C21H23N3O4S2/c1-2-15-5-7-16(8-6-15)22-20(25)14-24-18-10-9-17(13-19(18)29-21(24)26)30(27,28)23-11-3-4-12-23/h5-10,13H,2-4,11-12,14H2,1H3,(H,22,25). The minimum absolute atomic E-state index is 0.132. The minimum Gasteiger partial charge on any atom is -0.325 e. The van der Waals surface area contributed by atoms with Crippen LogP contribution in [0, 0.1) is 0 Å². The Bertz CT molecular complexity index is 1240. The van der Waals surface area contributed by atoms with Gasteiger partial charge in [-0.15, -0.1) is 0 Å². The van der Waals surface area contributed by atoms with Gasteiger partial charge in [0.25, 0.3) is 0 Å². The zero-order valence-electron chi connectivity index (χ0n) is 16.6. The van der Waals surface area contributed by atoms with Crippen molar-refractivity contribution < 1.29 is 13.2 Å². The summed E-state index contributed by atoms with van der Waals surface area (Å²) in [6, 6.07) is 12.2. The zero-order valence-corrected chi connectivity index (χ0v) is 18.3. The predicted molar refractivity (Wildman–Crippen MR) is 119 cm³/mol. The second-order valence-corrected chi connectivity index (χ2v) is 10.2. The molecular formula is C21H23N3O4S2. The number of nitrogens with one attached hydrogen (secondary N) is 1. The summed E-state index contributed by atoms with van der Waals surface area (Å²) in [6.45, 7) is 2.98. The molecule has 1 amide bonds. The number of carbonyl (C=O) groups is 1. The number of anilines is 1. The van der Waals surface area contributed by atoms with E-state index in [1.807, 2.05) is 24.3 Å². The van der Waals surface area contributed by atoms with Crippen LogP contribution in [0.2, 0.25) is 0 Å². The van der Waals surface area contributed by atoms with Gasteiger partial charge in [-0.05, 0) is 55.2 Å². The zero-order chi connectivity index (χ0) is 21.3. The van der Waals surface area contributed by atoms with E-state index in [9.17, 15) is 18.0 Å². The number of hydrogen-bond acceptors (Lipinski definition) is 5. The Morgan fingerprint density at radius 1 is 1.10 bits per heavy atom. The summed E-state index contributed by atoms with van der Waals surface area (Å²) in [7, 11) is -3.55. The van der Waals surface area contributed by atoms with Crippen molar-refractivity contribution in [3.8, 4) is 0 Å². The topological polar surface area (TPSA) is 88.5 Å². The molecule has 1 aliphatic heterocycles. The van der Waals surface area contributed by atoms with Crippen LogP contribution in [0.25, 0.3) is 10.2 Å². The lowest BCUT2D eigenvalue weighted by Gasteiger charge is -2.15. The monoisotopic (exact) mass is 445 g/mol. The molecule has 1 N–H and O–H groups in total. The Kier molecular flexibility index (Phi) is 5.77. The van der Waals surface area contributed by atoms with Gasteiger partial charge in [-0.2, -0.15) is 4.31 Å². The molecule has 9 heteroatoms. The van der Waals surface area contributed by atoms with Crippen LogP contribution < -0.4 is 10.2 Å². The van der Waals surface area contributed by atoms with Crippen LogP contribution in [0.5, 0.6) is 0 Å². The van der Waals surface area contributed by atoms with E-state index in [1.165, 1.54) is 26.6 Å². The molecule has 4 rings (SSSR count). The smallest absolute Gasteiger partial charge is 0.308 e. The van der Waals surface area contributed by atoms with Crippen molar-refractivity contribution in [2.24, 2.45) is 0 Å². The summed E-state index contributed by atoms with van der Waals surface area (Å²) in [4.78, 5) is 24.8. The molecule has 7 nitrogen and oxygen atoms in total. The SMILES string of the molecule is CCc1ccc(NC(=O)Cn2c(=O)sc3cc(S(=O)(=O)N4CCCC4)ccc32)cc1. The van der Waals surface area contributed by atoms with Gasteiger partial charge < -0.3 is 5.32 Å². The summed E-state index contributed by atoms with van der Waals surface area (Å²) in [6.07, 6.45) is 2.64. The number of sulfonamides is 1. The molecule has 2 aromatic carbocycles. The molecular weight excluding hydrogens is 422 g/mol. The highest BCUT2D eigenvalue weighted by Crippen LogP contribution is 2.26. The Morgan fingerprint density at radius 3 is 2.47 bits per heavy atom. The maximum Gasteiger partial charge on any atom is 0.308 e. The van der Waals surface area contributed by atoms with Crippen LogP contribution in [-0.2, 0) is 27.8 Å². The Balaban J connectivity index is 1.56. The molecule has 1 saturated heterocycles. The van der Waals surface area contributed by atoms with E-state index < -0.39 is 10.0 Å². The quantitative estimate of drug-likeness (QED) is 0.632. The van der Waals surface area contributed by atoms with Crippen molar-refractivity contribution in [2.45, 2.75) is 37.6 Å². The van der Waals surface area contributed by atoms with Gasteiger partial charge in [0, 0.05) is 18.8 Å². The van der Waals surface area contributed by atoms with Crippen molar-refractivity contribution in [1.29, 1.82) is 0 Å². The summed E-state index contributed by atoms with van der Waals surface area (Å²) >= 11 is 0.949. The lowest BCUT2D eigenvalue weighted by Crippen LogP contribution is -2.27. The molecule has 1 aromatic heterocycles. The lowest BCUT2D eigenvalue weighted by molar-refractivity contribution is -0.116. The fourth-order valence-electron chi connectivity index (χ4n) is 3.60. The first-order valence-corrected chi connectivity index (χ1v) is 12.2. The van der Waals surface area contributed by atoms with Crippen LogP contribution in [0.4, 0.5) is 5.69 Å². The van der Waals surface area contributed by atoms with E-state index in [2.05, 4.69) is 12.2 Å². The van der Waals surface area contributed by atoms with Crippen LogP contribution in [-0.4, -0.2) is 36.3 Å². The maximum atomic E-state index is 12.8. The molecule has 0 bridgehead atoms.